The zero-order chi connectivity index (χ0) is 9.14. The van der Waals surface area contributed by atoms with Crippen LogP contribution >= 0.6 is 0 Å². The van der Waals surface area contributed by atoms with Crippen LogP contribution in [0.4, 0.5) is 0 Å². The molecule has 0 aliphatic heterocycles. The molecule has 0 radical (unpaired) electrons. The number of aromatic nitrogens is 2. The molecular weight excluding hydrogens is 152 g/mol. The lowest BCUT2D eigenvalue weighted by atomic mass is 10.1. The van der Waals surface area contributed by atoms with Crippen molar-refractivity contribution in [3.63, 3.8) is 0 Å². The maximum Gasteiger partial charge on any atom is 0.0643 e. The van der Waals surface area contributed by atoms with Crippen LogP contribution in [0.5, 0.6) is 0 Å². The third-order valence-electron chi connectivity index (χ3n) is 2.07. The SMILES string of the molecule is Cc1c(C(C)C)cnn1CCO. The largest absolute Gasteiger partial charge is 0.394 e. The Kier molecular flexibility index (Phi) is 2.87. The zero-order valence-electron chi connectivity index (χ0n) is 7.91. The molecule has 0 spiro atoms. The number of nitrogens with zero attached hydrogens (tertiary/aromatic N) is 2. The minimum Gasteiger partial charge on any atom is -0.394 e. The highest BCUT2D eigenvalue weighted by molar-refractivity contribution is 5.19. The van der Waals surface area contributed by atoms with Crippen molar-refractivity contribution in [2.24, 2.45) is 0 Å². The molecule has 1 aromatic heterocycles. The first-order valence-electron chi connectivity index (χ1n) is 4.30. The fourth-order valence-electron chi connectivity index (χ4n) is 1.35. The van der Waals surface area contributed by atoms with Gasteiger partial charge in [-0.1, -0.05) is 13.8 Å². The molecule has 68 valence electrons. The van der Waals surface area contributed by atoms with E-state index in [9.17, 15) is 0 Å². The lowest BCUT2D eigenvalue weighted by Gasteiger charge is -2.05. The lowest BCUT2D eigenvalue weighted by Crippen LogP contribution is -2.06. The number of rotatable bonds is 3. The van der Waals surface area contributed by atoms with Crippen LogP contribution in [0.2, 0.25) is 0 Å². The summed E-state index contributed by atoms with van der Waals surface area (Å²) in [5, 5.41) is 12.9. The lowest BCUT2D eigenvalue weighted by molar-refractivity contribution is 0.268. The summed E-state index contributed by atoms with van der Waals surface area (Å²) in [6, 6.07) is 0. The van der Waals surface area contributed by atoms with E-state index >= 15 is 0 Å². The summed E-state index contributed by atoms with van der Waals surface area (Å²) in [5.41, 5.74) is 2.43. The first-order chi connectivity index (χ1) is 5.66. The van der Waals surface area contributed by atoms with Gasteiger partial charge in [-0.2, -0.15) is 5.10 Å². The molecule has 0 atom stereocenters. The standard InChI is InChI=1S/C9H16N2O/c1-7(2)9-6-10-11(4-5-12)8(9)3/h6-7,12H,4-5H2,1-3H3. The summed E-state index contributed by atoms with van der Waals surface area (Å²) in [6.45, 7) is 7.08. The Bertz CT molecular complexity index is 253. The molecule has 12 heavy (non-hydrogen) atoms. The van der Waals surface area contributed by atoms with Gasteiger partial charge in [0.1, 0.15) is 0 Å². The molecule has 1 aromatic rings. The number of aliphatic hydroxyl groups is 1. The molecular formula is C9H16N2O. The third-order valence-corrected chi connectivity index (χ3v) is 2.07. The van der Waals surface area contributed by atoms with Gasteiger partial charge in [0, 0.05) is 5.69 Å². The molecule has 0 saturated heterocycles. The van der Waals surface area contributed by atoms with Crippen LogP contribution in [0.15, 0.2) is 6.20 Å². The monoisotopic (exact) mass is 168 g/mol. The number of aliphatic hydroxyl groups excluding tert-OH is 1. The van der Waals surface area contributed by atoms with Gasteiger partial charge in [-0.3, -0.25) is 4.68 Å². The molecule has 3 nitrogen and oxygen atoms in total. The van der Waals surface area contributed by atoms with E-state index < -0.39 is 0 Å². The Labute approximate surface area is 73.0 Å². The average Bonchev–Trinajstić information content (AvgIpc) is 2.34. The van der Waals surface area contributed by atoms with Gasteiger partial charge in [0.05, 0.1) is 19.3 Å². The van der Waals surface area contributed by atoms with Crippen molar-refractivity contribution in [3.8, 4) is 0 Å². The van der Waals surface area contributed by atoms with Gasteiger partial charge in [-0.05, 0) is 18.4 Å². The molecule has 0 aromatic carbocycles. The third kappa shape index (κ3) is 1.67. The van der Waals surface area contributed by atoms with Crippen LogP contribution in [-0.2, 0) is 6.54 Å². The minimum absolute atomic E-state index is 0.153. The minimum atomic E-state index is 0.153. The normalized spacial score (nSPS) is 11.1. The Balaban J connectivity index is 2.88. The second-order valence-electron chi connectivity index (χ2n) is 3.29. The molecule has 0 aliphatic rings. The van der Waals surface area contributed by atoms with E-state index in [1.54, 1.807) is 0 Å². The van der Waals surface area contributed by atoms with Crippen molar-refractivity contribution < 1.29 is 5.11 Å². The zero-order valence-corrected chi connectivity index (χ0v) is 7.91. The Morgan fingerprint density at radius 1 is 1.58 bits per heavy atom. The molecule has 0 saturated carbocycles. The van der Waals surface area contributed by atoms with Crippen molar-refractivity contribution in [2.45, 2.75) is 33.2 Å². The fourth-order valence-corrected chi connectivity index (χ4v) is 1.35. The van der Waals surface area contributed by atoms with E-state index in [2.05, 4.69) is 18.9 Å². The first-order valence-corrected chi connectivity index (χ1v) is 4.30. The summed E-state index contributed by atoms with van der Waals surface area (Å²) < 4.78 is 1.84. The van der Waals surface area contributed by atoms with Gasteiger partial charge in [0.15, 0.2) is 0 Å². The Morgan fingerprint density at radius 2 is 2.25 bits per heavy atom. The smallest absolute Gasteiger partial charge is 0.0643 e. The van der Waals surface area contributed by atoms with E-state index in [4.69, 9.17) is 5.11 Å². The highest BCUT2D eigenvalue weighted by Crippen LogP contribution is 2.17. The second-order valence-corrected chi connectivity index (χ2v) is 3.29. The first kappa shape index (κ1) is 9.26. The van der Waals surface area contributed by atoms with E-state index in [0.717, 1.165) is 0 Å². The Hall–Kier alpha value is -0.830. The van der Waals surface area contributed by atoms with Crippen LogP contribution in [0.3, 0.4) is 0 Å². The van der Waals surface area contributed by atoms with Gasteiger partial charge >= 0.3 is 0 Å². The predicted octanol–water partition coefficient (Wildman–Crippen LogP) is 1.31. The van der Waals surface area contributed by atoms with Crippen LogP contribution in [0, 0.1) is 6.92 Å². The van der Waals surface area contributed by atoms with Gasteiger partial charge in [0.2, 0.25) is 0 Å². The quantitative estimate of drug-likeness (QED) is 0.739. The summed E-state index contributed by atoms with van der Waals surface area (Å²) in [7, 11) is 0. The summed E-state index contributed by atoms with van der Waals surface area (Å²) in [6.07, 6.45) is 1.88. The van der Waals surface area contributed by atoms with Crippen molar-refractivity contribution in [1.29, 1.82) is 0 Å². The molecule has 0 bridgehead atoms. The summed E-state index contributed by atoms with van der Waals surface area (Å²) in [5.74, 6) is 0.512. The van der Waals surface area contributed by atoms with Crippen molar-refractivity contribution in [3.05, 3.63) is 17.5 Å². The van der Waals surface area contributed by atoms with E-state index in [1.165, 1.54) is 11.3 Å². The van der Waals surface area contributed by atoms with Gasteiger partial charge < -0.3 is 5.11 Å². The molecule has 0 fully saturated rings. The predicted molar refractivity (Wildman–Crippen MR) is 48.1 cm³/mol. The maximum absolute atomic E-state index is 8.73. The van der Waals surface area contributed by atoms with Gasteiger partial charge in [-0.25, -0.2) is 0 Å². The highest BCUT2D eigenvalue weighted by Gasteiger charge is 2.08. The molecule has 0 unspecified atom stereocenters. The maximum atomic E-state index is 8.73. The molecule has 0 aliphatic carbocycles. The summed E-state index contributed by atoms with van der Waals surface area (Å²) in [4.78, 5) is 0. The van der Waals surface area contributed by atoms with E-state index in [-0.39, 0.29) is 6.61 Å². The number of hydrogen-bond acceptors (Lipinski definition) is 2. The van der Waals surface area contributed by atoms with Crippen LogP contribution in [0.25, 0.3) is 0 Å². The highest BCUT2D eigenvalue weighted by atomic mass is 16.3. The second kappa shape index (κ2) is 3.72. The van der Waals surface area contributed by atoms with Crippen molar-refractivity contribution >= 4 is 0 Å². The number of hydrogen-bond donors (Lipinski definition) is 1. The van der Waals surface area contributed by atoms with Crippen LogP contribution in [-0.4, -0.2) is 21.5 Å². The topological polar surface area (TPSA) is 38.0 Å². The van der Waals surface area contributed by atoms with Gasteiger partial charge in [0.25, 0.3) is 0 Å². The van der Waals surface area contributed by atoms with E-state index in [1.807, 2.05) is 17.8 Å². The fraction of sp³-hybridized carbons (Fsp3) is 0.667. The van der Waals surface area contributed by atoms with Gasteiger partial charge in [-0.15, -0.1) is 0 Å². The Morgan fingerprint density at radius 3 is 2.67 bits per heavy atom. The molecule has 1 N–H and O–H groups in total. The average molecular weight is 168 g/mol. The molecule has 1 heterocycles. The van der Waals surface area contributed by atoms with Crippen molar-refractivity contribution in [1.82, 2.24) is 9.78 Å². The van der Waals surface area contributed by atoms with Crippen molar-refractivity contribution in [2.75, 3.05) is 6.61 Å². The van der Waals surface area contributed by atoms with Crippen LogP contribution < -0.4 is 0 Å². The summed E-state index contributed by atoms with van der Waals surface area (Å²) >= 11 is 0. The molecule has 3 heteroatoms. The molecule has 0 amide bonds. The van der Waals surface area contributed by atoms with Crippen LogP contribution in [0.1, 0.15) is 31.0 Å². The van der Waals surface area contributed by atoms with E-state index in [0.29, 0.717) is 12.5 Å². The molecule has 1 rings (SSSR count).